The van der Waals surface area contributed by atoms with Gasteiger partial charge in [-0.1, -0.05) is 18.6 Å². The van der Waals surface area contributed by atoms with Crippen LogP contribution in [0.5, 0.6) is 0 Å². The second-order valence-electron chi connectivity index (χ2n) is 4.90. The van der Waals surface area contributed by atoms with Gasteiger partial charge in [0, 0.05) is 5.56 Å². The zero-order chi connectivity index (χ0) is 12.1. The number of rotatable bonds is 5. The summed E-state index contributed by atoms with van der Waals surface area (Å²) in [6, 6.07) is 2.52. The standard InChI is InChI=1S/C15H23NO/c1-3-9-16-15(13-7-5-4-6-8-13)14-10-12(2)17-11-14/h7,10-11,15-16H,3-6,8-9H2,1-2H3. The topological polar surface area (TPSA) is 25.2 Å². The Morgan fingerprint density at radius 3 is 2.88 bits per heavy atom. The van der Waals surface area contributed by atoms with Crippen LogP contribution in [0.25, 0.3) is 0 Å². The van der Waals surface area contributed by atoms with Crippen molar-refractivity contribution in [2.75, 3.05) is 6.54 Å². The lowest BCUT2D eigenvalue weighted by molar-refractivity contribution is 0.514. The van der Waals surface area contributed by atoms with Crippen LogP contribution in [0, 0.1) is 6.92 Å². The first-order valence-corrected chi connectivity index (χ1v) is 6.78. The van der Waals surface area contributed by atoms with Crippen LogP contribution < -0.4 is 5.32 Å². The Bertz CT molecular complexity index is 378. The van der Waals surface area contributed by atoms with Crippen molar-refractivity contribution in [3.8, 4) is 0 Å². The smallest absolute Gasteiger partial charge is 0.101 e. The number of hydrogen-bond donors (Lipinski definition) is 1. The van der Waals surface area contributed by atoms with E-state index in [0.717, 1.165) is 12.3 Å². The van der Waals surface area contributed by atoms with E-state index in [9.17, 15) is 0 Å². The van der Waals surface area contributed by atoms with E-state index in [1.54, 1.807) is 5.57 Å². The predicted octanol–water partition coefficient (Wildman–Crippen LogP) is 4.13. The highest BCUT2D eigenvalue weighted by atomic mass is 16.3. The molecule has 94 valence electrons. The van der Waals surface area contributed by atoms with Gasteiger partial charge in [0.1, 0.15) is 5.76 Å². The molecule has 0 radical (unpaired) electrons. The summed E-state index contributed by atoms with van der Waals surface area (Å²) in [5, 5.41) is 3.64. The maximum absolute atomic E-state index is 5.45. The van der Waals surface area contributed by atoms with Crippen LogP contribution in [0.15, 0.2) is 28.4 Å². The van der Waals surface area contributed by atoms with Crippen molar-refractivity contribution in [2.24, 2.45) is 0 Å². The van der Waals surface area contributed by atoms with E-state index in [2.05, 4.69) is 24.4 Å². The lowest BCUT2D eigenvalue weighted by atomic mass is 9.91. The zero-order valence-electron chi connectivity index (χ0n) is 11.0. The Balaban J connectivity index is 2.15. The Kier molecular flexibility index (Phi) is 4.43. The van der Waals surface area contributed by atoms with Crippen molar-refractivity contribution in [3.05, 3.63) is 35.3 Å². The van der Waals surface area contributed by atoms with Gasteiger partial charge in [0.2, 0.25) is 0 Å². The SMILES string of the molecule is CCCNC(C1=CCCCC1)c1coc(C)c1. The molecule has 1 heterocycles. The molecule has 0 spiro atoms. The maximum Gasteiger partial charge on any atom is 0.101 e. The Labute approximate surface area is 104 Å². The third-order valence-corrected chi connectivity index (χ3v) is 3.38. The molecule has 1 aromatic heterocycles. The monoisotopic (exact) mass is 233 g/mol. The zero-order valence-corrected chi connectivity index (χ0v) is 11.0. The minimum Gasteiger partial charge on any atom is -0.469 e. The first-order valence-electron chi connectivity index (χ1n) is 6.78. The minimum atomic E-state index is 0.368. The van der Waals surface area contributed by atoms with Gasteiger partial charge in [0.15, 0.2) is 0 Å². The number of hydrogen-bond acceptors (Lipinski definition) is 2. The molecule has 0 saturated carbocycles. The first kappa shape index (κ1) is 12.4. The molecule has 1 atom stereocenters. The summed E-state index contributed by atoms with van der Waals surface area (Å²) in [4.78, 5) is 0. The lowest BCUT2D eigenvalue weighted by Gasteiger charge is -2.23. The van der Waals surface area contributed by atoms with Crippen molar-refractivity contribution >= 4 is 0 Å². The highest BCUT2D eigenvalue weighted by Crippen LogP contribution is 2.30. The molecular weight excluding hydrogens is 210 g/mol. The largest absolute Gasteiger partial charge is 0.469 e. The van der Waals surface area contributed by atoms with Gasteiger partial charge in [-0.3, -0.25) is 0 Å². The van der Waals surface area contributed by atoms with Gasteiger partial charge in [-0.05, 0) is 51.6 Å². The third-order valence-electron chi connectivity index (χ3n) is 3.38. The molecule has 2 heteroatoms. The van der Waals surface area contributed by atoms with Crippen LogP contribution in [-0.4, -0.2) is 6.54 Å². The van der Waals surface area contributed by atoms with E-state index >= 15 is 0 Å². The number of nitrogens with one attached hydrogen (secondary N) is 1. The van der Waals surface area contributed by atoms with Gasteiger partial charge in [0.05, 0.1) is 12.3 Å². The number of furan rings is 1. The van der Waals surface area contributed by atoms with E-state index in [1.807, 2.05) is 13.2 Å². The van der Waals surface area contributed by atoms with Gasteiger partial charge in [-0.2, -0.15) is 0 Å². The fourth-order valence-corrected chi connectivity index (χ4v) is 2.49. The van der Waals surface area contributed by atoms with Gasteiger partial charge in [0.25, 0.3) is 0 Å². The van der Waals surface area contributed by atoms with Crippen LogP contribution >= 0.6 is 0 Å². The molecule has 0 bridgehead atoms. The maximum atomic E-state index is 5.45. The van der Waals surface area contributed by atoms with Crippen LogP contribution in [0.1, 0.15) is 56.4 Å². The quantitative estimate of drug-likeness (QED) is 0.774. The molecule has 0 saturated heterocycles. The summed E-state index contributed by atoms with van der Waals surface area (Å²) in [6.07, 6.45) is 10.6. The van der Waals surface area contributed by atoms with Crippen molar-refractivity contribution < 1.29 is 4.42 Å². The molecule has 1 aliphatic carbocycles. The van der Waals surface area contributed by atoms with Crippen LogP contribution in [0.3, 0.4) is 0 Å². The summed E-state index contributed by atoms with van der Waals surface area (Å²) in [6.45, 7) is 5.28. The molecule has 1 aromatic rings. The molecule has 0 aromatic carbocycles. The minimum absolute atomic E-state index is 0.368. The molecule has 0 fully saturated rings. The number of allylic oxidation sites excluding steroid dienone is 1. The molecule has 1 N–H and O–H groups in total. The number of aryl methyl sites for hydroxylation is 1. The lowest BCUT2D eigenvalue weighted by Crippen LogP contribution is -2.24. The molecule has 0 amide bonds. The predicted molar refractivity (Wildman–Crippen MR) is 71.0 cm³/mol. The third kappa shape index (κ3) is 3.22. The van der Waals surface area contributed by atoms with Crippen molar-refractivity contribution in [3.63, 3.8) is 0 Å². The Morgan fingerprint density at radius 1 is 1.41 bits per heavy atom. The summed E-state index contributed by atoms with van der Waals surface area (Å²) >= 11 is 0. The molecular formula is C15H23NO. The highest BCUT2D eigenvalue weighted by Gasteiger charge is 2.18. The molecule has 1 aliphatic rings. The Hall–Kier alpha value is -1.02. The Morgan fingerprint density at radius 2 is 2.29 bits per heavy atom. The first-order chi connectivity index (χ1) is 8.31. The average Bonchev–Trinajstić information content (AvgIpc) is 2.78. The summed E-state index contributed by atoms with van der Waals surface area (Å²) in [7, 11) is 0. The van der Waals surface area contributed by atoms with Gasteiger partial charge in [-0.15, -0.1) is 0 Å². The summed E-state index contributed by atoms with van der Waals surface area (Å²) in [5.74, 6) is 1.000. The molecule has 2 rings (SSSR count). The van der Waals surface area contributed by atoms with Gasteiger partial charge < -0.3 is 9.73 Å². The van der Waals surface area contributed by atoms with Crippen LogP contribution in [0.2, 0.25) is 0 Å². The average molecular weight is 233 g/mol. The molecule has 0 aliphatic heterocycles. The fourth-order valence-electron chi connectivity index (χ4n) is 2.49. The molecule has 17 heavy (non-hydrogen) atoms. The molecule has 1 unspecified atom stereocenters. The normalized spacial score (nSPS) is 17.9. The van der Waals surface area contributed by atoms with Crippen molar-refractivity contribution in [1.82, 2.24) is 5.32 Å². The second-order valence-corrected chi connectivity index (χ2v) is 4.90. The van der Waals surface area contributed by atoms with Gasteiger partial charge >= 0.3 is 0 Å². The van der Waals surface area contributed by atoms with Crippen LogP contribution in [0.4, 0.5) is 0 Å². The van der Waals surface area contributed by atoms with E-state index in [-0.39, 0.29) is 0 Å². The van der Waals surface area contributed by atoms with E-state index in [4.69, 9.17) is 4.42 Å². The van der Waals surface area contributed by atoms with Crippen molar-refractivity contribution in [2.45, 2.75) is 52.0 Å². The fraction of sp³-hybridized carbons (Fsp3) is 0.600. The van der Waals surface area contributed by atoms with E-state index in [0.29, 0.717) is 6.04 Å². The van der Waals surface area contributed by atoms with E-state index in [1.165, 1.54) is 37.7 Å². The summed E-state index contributed by atoms with van der Waals surface area (Å²) in [5.41, 5.74) is 2.83. The second kappa shape index (κ2) is 6.06. The van der Waals surface area contributed by atoms with Gasteiger partial charge in [-0.25, -0.2) is 0 Å². The van der Waals surface area contributed by atoms with E-state index < -0.39 is 0 Å². The molecule has 2 nitrogen and oxygen atoms in total. The van der Waals surface area contributed by atoms with Crippen molar-refractivity contribution in [1.29, 1.82) is 0 Å². The highest BCUT2D eigenvalue weighted by molar-refractivity contribution is 5.27. The van der Waals surface area contributed by atoms with Crippen LogP contribution in [-0.2, 0) is 0 Å². The summed E-state index contributed by atoms with van der Waals surface area (Å²) < 4.78 is 5.45.